The normalized spacial score (nSPS) is 13.8. The number of halogens is 2. The van der Waals surface area contributed by atoms with Crippen molar-refractivity contribution in [2.45, 2.75) is 13.3 Å². The maximum atomic E-state index is 13.2. The van der Waals surface area contributed by atoms with Gasteiger partial charge < -0.3 is 5.32 Å². The molecule has 4 rings (SSSR count). The molecule has 3 aromatic rings. The molecule has 1 aliphatic rings. The molecule has 0 saturated heterocycles. The monoisotopic (exact) mass is 434 g/mol. The van der Waals surface area contributed by atoms with Crippen molar-refractivity contribution in [3.63, 3.8) is 0 Å². The summed E-state index contributed by atoms with van der Waals surface area (Å²) >= 11 is 6.00. The second-order valence-electron chi connectivity index (χ2n) is 7.39. The maximum absolute atomic E-state index is 13.2. The molecule has 0 radical (unpaired) electrons. The molecule has 0 fully saturated rings. The molecule has 4 nitrogen and oxygen atoms in total. The molecule has 0 bridgehead atoms. The van der Waals surface area contributed by atoms with Crippen LogP contribution in [0.2, 0.25) is 5.02 Å². The summed E-state index contributed by atoms with van der Waals surface area (Å²) in [6.07, 6.45) is 0.434. The SMILES string of the molecule is Cc1ccc(NC2=C(c3ccc(Cl)cc3)C(=O)N(CCc3ccc(F)cc3)C2=O)cc1. The second kappa shape index (κ2) is 8.74. The van der Waals surface area contributed by atoms with E-state index >= 15 is 0 Å². The Bertz CT molecular complexity index is 1150. The van der Waals surface area contributed by atoms with Crippen LogP contribution in [0, 0.1) is 12.7 Å². The van der Waals surface area contributed by atoms with Crippen molar-refractivity contribution in [3.8, 4) is 0 Å². The van der Waals surface area contributed by atoms with Crippen molar-refractivity contribution >= 4 is 34.7 Å². The number of carbonyl (C=O) groups excluding carboxylic acids is 2. The molecule has 6 heteroatoms. The highest BCUT2D eigenvalue weighted by atomic mass is 35.5. The Hall–Kier alpha value is -3.44. The van der Waals surface area contributed by atoms with Crippen LogP contribution >= 0.6 is 11.6 Å². The third kappa shape index (κ3) is 4.52. The average Bonchev–Trinajstić information content (AvgIpc) is 2.99. The molecule has 0 aromatic heterocycles. The van der Waals surface area contributed by atoms with Gasteiger partial charge in [0.05, 0.1) is 5.57 Å². The zero-order chi connectivity index (χ0) is 22.0. The lowest BCUT2D eigenvalue weighted by Crippen LogP contribution is -2.34. The van der Waals surface area contributed by atoms with Gasteiger partial charge in [-0.15, -0.1) is 0 Å². The summed E-state index contributed by atoms with van der Waals surface area (Å²) in [6.45, 7) is 2.17. The van der Waals surface area contributed by atoms with E-state index in [1.165, 1.54) is 17.0 Å². The van der Waals surface area contributed by atoms with Gasteiger partial charge in [0.2, 0.25) is 0 Å². The van der Waals surface area contributed by atoms with Gasteiger partial charge in [-0.25, -0.2) is 4.39 Å². The van der Waals surface area contributed by atoms with Crippen LogP contribution in [-0.2, 0) is 16.0 Å². The van der Waals surface area contributed by atoms with Crippen molar-refractivity contribution in [1.82, 2.24) is 4.90 Å². The minimum absolute atomic E-state index is 0.194. The second-order valence-corrected chi connectivity index (χ2v) is 7.82. The van der Waals surface area contributed by atoms with Gasteiger partial charge in [0.1, 0.15) is 11.5 Å². The fourth-order valence-corrected chi connectivity index (χ4v) is 3.58. The number of anilines is 1. The number of rotatable bonds is 6. The number of nitrogens with one attached hydrogen (secondary N) is 1. The van der Waals surface area contributed by atoms with Crippen molar-refractivity contribution in [2.24, 2.45) is 0 Å². The lowest BCUT2D eigenvalue weighted by atomic mass is 10.0. The lowest BCUT2D eigenvalue weighted by molar-refractivity contribution is -0.136. The quantitative estimate of drug-likeness (QED) is 0.541. The molecule has 2 amide bonds. The average molecular weight is 435 g/mol. The van der Waals surface area contributed by atoms with Crippen molar-refractivity contribution in [3.05, 3.63) is 106 Å². The summed E-state index contributed by atoms with van der Waals surface area (Å²) in [4.78, 5) is 27.7. The van der Waals surface area contributed by atoms with Gasteiger partial charge in [-0.1, -0.05) is 53.6 Å². The van der Waals surface area contributed by atoms with Crippen LogP contribution in [-0.4, -0.2) is 23.3 Å². The van der Waals surface area contributed by atoms with Crippen LogP contribution < -0.4 is 5.32 Å². The number of benzene rings is 3. The highest BCUT2D eigenvalue weighted by Gasteiger charge is 2.38. The van der Waals surface area contributed by atoms with Gasteiger partial charge in [-0.2, -0.15) is 0 Å². The van der Waals surface area contributed by atoms with E-state index in [0.29, 0.717) is 28.3 Å². The summed E-state index contributed by atoms with van der Waals surface area (Å²) in [5, 5.41) is 3.68. The Kier molecular flexibility index (Phi) is 5.87. The number of aryl methyl sites for hydroxylation is 1. The van der Waals surface area contributed by atoms with E-state index in [9.17, 15) is 14.0 Å². The molecule has 156 valence electrons. The molecular weight excluding hydrogens is 415 g/mol. The molecule has 0 atom stereocenters. The molecule has 1 N–H and O–H groups in total. The van der Waals surface area contributed by atoms with E-state index in [2.05, 4.69) is 5.32 Å². The molecule has 31 heavy (non-hydrogen) atoms. The first-order chi connectivity index (χ1) is 14.9. The van der Waals surface area contributed by atoms with Crippen LogP contribution in [0.4, 0.5) is 10.1 Å². The predicted molar refractivity (Wildman–Crippen MR) is 120 cm³/mol. The van der Waals surface area contributed by atoms with Gasteiger partial charge >= 0.3 is 0 Å². The number of hydrogen-bond donors (Lipinski definition) is 1. The van der Waals surface area contributed by atoms with Gasteiger partial charge in [0.25, 0.3) is 11.8 Å². The van der Waals surface area contributed by atoms with E-state index < -0.39 is 5.91 Å². The van der Waals surface area contributed by atoms with E-state index in [-0.39, 0.29) is 24.0 Å². The highest BCUT2D eigenvalue weighted by Crippen LogP contribution is 2.31. The standard InChI is InChI=1S/C25H20ClFN2O2/c1-16-2-12-21(13-3-16)28-23-22(18-6-8-19(26)9-7-18)24(30)29(25(23)31)15-14-17-4-10-20(27)11-5-17/h2-13,28H,14-15H2,1H3. The summed E-state index contributed by atoms with van der Waals surface area (Å²) in [7, 11) is 0. The van der Waals surface area contributed by atoms with Crippen LogP contribution in [0.15, 0.2) is 78.5 Å². The number of amides is 2. The number of hydrogen-bond acceptors (Lipinski definition) is 3. The van der Waals surface area contributed by atoms with Crippen molar-refractivity contribution in [2.75, 3.05) is 11.9 Å². The largest absolute Gasteiger partial charge is 0.350 e. The smallest absolute Gasteiger partial charge is 0.278 e. The third-order valence-corrected chi connectivity index (χ3v) is 5.41. The van der Waals surface area contributed by atoms with E-state index in [1.54, 1.807) is 36.4 Å². The predicted octanol–water partition coefficient (Wildman–Crippen LogP) is 5.22. The Morgan fingerprint density at radius 3 is 2.16 bits per heavy atom. The topological polar surface area (TPSA) is 49.4 Å². The summed E-state index contributed by atoms with van der Waals surface area (Å²) < 4.78 is 13.2. The van der Waals surface area contributed by atoms with Crippen molar-refractivity contribution < 1.29 is 14.0 Å². The Labute approximate surface area is 185 Å². The molecule has 0 unspecified atom stereocenters. The summed E-state index contributed by atoms with van der Waals surface area (Å²) in [5.41, 5.74) is 3.80. The fourth-order valence-electron chi connectivity index (χ4n) is 3.45. The van der Waals surface area contributed by atoms with Crippen LogP contribution in [0.3, 0.4) is 0 Å². The van der Waals surface area contributed by atoms with E-state index in [1.807, 2.05) is 31.2 Å². The van der Waals surface area contributed by atoms with Crippen LogP contribution in [0.1, 0.15) is 16.7 Å². The minimum atomic E-state index is -0.391. The molecule has 0 aliphatic carbocycles. The summed E-state index contributed by atoms with van der Waals surface area (Å²) in [5.74, 6) is -1.09. The Morgan fingerprint density at radius 1 is 0.871 bits per heavy atom. The molecular formula is C25H20ClFN2O2. The van der Waals surface area contributed by atoms with Gasteiger partial charge in [-0.3, -0.25) is 14.5 Å². The lowest BCUT2D eigenvalue weighted by Gasteiger charge is -2.15. The van der Waals surface area contributed by atoms with Crippen molar-refractivity contribution in [1.29, 1.82) is 0 Å². The first-order valence-corrected chi connectivity index (χ1v) is 10.2. The first kappa shape index (κ1) is 20.8. The maximum Gasteiger partial charge on any atom is 0.278 e. The fraction of sp³-hybridized carbons (Fsp3) is 0.120. The van der Waals surface area contributed by atoms with Gasteiger partial charge in [0.15, 0.2) is 0 Å². The molecule has 1 heterocycles. The van der Waals surface area contributed by atoms with Crippen LogP contribution in [0.5, 0.6) is 0 Å². The number of imide groups is 1. The molecule has 0 saturated carbocycles. The third-order valence-electron chi connectivity index (χ3n) is 5.16. The zero-order valence-corrected chi connectivity index (χ0v) is 17.6. The minimum Gasteiger partial charge on any atom is -0.350 e. The highest BCUT2D eigenvalue weighted by molar-refractivity contribution is 6.36. The summed E-state index contributed by atoms with van der Waals surface area (Å²) in [6, 6.07) is 20.4. The molecule has 1 aliphatic heterocycles. The Morgan fingerprint density at radius 2 is 1.52 bits per heavy atom. The number of carbonyl (C=O) groups is 2. The molecule has 0 spiro atoms. The zero-order valence-electron chi connectivity index (χ0n) is 16.9. The first-order valence-electron chi connectivity index (χ1n) is 9.87. The van der Waals surface area contributed by atoms with Crippen LogP contribution in [0.25, 0.3) is 5.57 Å². The van der Waals surface area contributed by atoms with E-state index in [0.717, 1.165) is 11.1 Å². The molecule has 3 aromatic carbocycles. The Balaban J connectivity index is 1.64. The number of nitrogens with zero attached hydrogens (tertiary/aromatic N) is 1. The van der Waals surface area contributed by atoms with Gasteiger partial charge in [0, 0.05) is 17.3 Å². The van der Waals surface area contributed by atoms with E-state index in [4.69, 9.17) is 11.6 Å². The van der Waals surface area contributed by atoms with Gasteiger partial charge in [-0.05, 0) is 60.9 Å².